The van der Waals surface area contributed by atoms with Crippen molar-refractivity contribution < 1.29 is 0 Å². The lowest BCUT2D eigenvalue weighted by atomic mass is 10.1. The van der Waals surface area contributed by atoms with Crippen LogP contribution in [0.2, 0.25) is 5.02 Å². The number of benzene rings is 1. The zero-order valence-electron chi connectivity index (χ0n) is 9.83. The van der Waals surface area contributed by atoms with Crippen molar-refractivity contribution in [2.24, 2.45) is 0 Å². The first-order chi connectivity index (χ1) is 8.25. The summed E-state index contributed by atoms with van der Waals surface area (Å²) >= 11 is 6.50. The molecule has 1 aromatic carbocycles. The molecule has 3 heteroatoms. The van der Waals surface area contributed by atoms with Crippen LogP contribution in [-0.2, 0) is 6.42 Å². The van der Waals surface area contributed by atoms with Crippen LogP contribution < -0.4 is 5.32 Å². The Bertz CT molecular complexity index is 565. The van der Waals surface area contributed by atoms with Gasteiger partial charge in [0.15, 0.2) is 0 Å². The van der Waals surface area contributed by atoms with Crippen LogP contribution >= 0.6 is 11.6 Å². The van der Waals surface area contributed by atoms with Crippen molar-refractivity contribution in [2.45, 2.75) is 32.2 Å². The maximum Gasteiger partial charge on any atom is 0.131 e. The number of aromatic nitrogens is 1. The minimum Gasteiger partial charge on any atom is -0.367 e. The molecule has 1 aliphatic heterocycles. The van der Waals surface area contributed by atoms with E-state index in [-0.39, 0.29) is 0 Å². The topological polar surface area (TPSA) is 24.9 Å². The summed E-state index contributed by atoms with van der Waals surface area (Å²) in [6.45, 7) is 2.19. The number of nitrogens with zero attached hydrogens (tertiary/aromatic N) is 1. The quantitative estimate of drug-likeness (QED) is 0.759. The van der Waals surface area contributed by atoms with E-state index in [0.717, 1.165) is 28.2 Å². The van der Waals surface area contributed by atoms with E-state index in [9.17, 15) is 0 Å². The van der Waals surface area contributed by atoms with Gasteiger partial charge in [-0.1, -0.05) is 29.8 Å². The maximum absolute atomic E-state index is 6.50. The Morgan fingerprint density at radius 2 is 2.18 bits per heavy atom. The molecule has 1 N–H and O–H groups in total. The predicted molar refractivity (Wildman–Crippen MR) is 72.8 cm³/mol. The Morgan fingerprint density at radius 3 is 3.06 bits per heavy atom. The number of nitrogens with one attached hydrogen (secondary N) is 1. The SMILES string of the molecule is CC1CCCc2c(nc3ccccc3c2Cl)N1. The predicted octanol–water partition coefficient (Wildman–Crippen LogP) is 4.02. The number of hydrogen-bond acceptors (Lipinski definition) is 2. The Labute approximate surface area is 106 Å². The second-order valence-electron chi connectivity index (χ2n) is 4.71. The van der Waals surface area contributed by atoms with E-state index in [1.54, 1.807) is 0 Å². The fraction of sp³-hybridized carbons (Fsp3) is 0.357. The van der Waals surface area contributed by atoms with Gasteiger partial charge in [0, 0.05) is 17.0 Å². The molecule has 1 aliphatic rings. The summed E-state index contributed by atoms with van der Waals surface area (Å²) in [6, 6.07) is 8.53. The molecule has 3 rings (SSSR count). The summed E-state index contributed by atoms with van der Waals surface area (Å²) in [5, 5.41) is 5.39. The van der Waals surface area contributed by atoms with Crippen LogP contribution in [-0.4, -0.2) is 11.0 Å². The molecular weight excluding hydrogens is 232 g/mol. The Hall–Kier alpha value is -1.28. The fourth-order valence-corrected chi connectivity index (χ4v) is 2.79. The molecule has 1 aromatic heterocycles. The summed E-state index contributed by atoms with van der Waals surface area (Å²) in [7, 11) is 0. The van der Waals surface area contributed by atoms with E-state index in [1.165, 1.54) is 18.4 Å². The molecule has 2 heterocycles. The Kier molecular flexibility index (Phi) is 2.67. The van der Waals surface area contributed by atoms with Crippen LogP contribution in [0.3, 0.4) is 0 Å². The highest BCUT2D eigenvalue weighted by atomic mass is 35.5. The number of halogens is 1. The maximum atomic E-state index is 6.50. The molecule has 0 amide bonds. The summed E-state index contributed by atoms with van der Waals surface area (Å²) in [4.78, 5) is 4.69. The van der Waals surface area contributed by atoms with Crippen molar-refractivity contribution in [3.8, 4) is 0 Å². The number of fused-ring (bicyclic) bond motifs is 2. The average molecular weight is 247 g/mol. The van der Waals surface area contributed by atoms with Crippen molar-refractivity contribution >= 4 is 28.3 Å². The van der Waals surface area contributed by atoms with Gasteiger partial charge in [-0.05, 0) is 32.3 Å². The minimum absolute atomic E-state index is 0.473. The van der Waals surface area contributed by atoms with Crippen LogP contribution in [0.4, 0.5) is 5.82 Å². The smallest absolute Gasteiger partial charge is 0.131 e. The molecule has 2 aromatic rings. The fourth-order valence-electron chi connectivity index (χ4n) is 2.45. The lowest BCUT2D eigenvalue weighted by Gasteiger charge is -2.14. The van der Waals surface area contributed by atoms with E-state index in [0.29, 0.717) is 6.04 Å². The molecule has 0 aliphatic carbocycles. The Morgan fingerprint density at radius 1 is 1.35 bits per heavy atom. The first-order valence-corrected chi connectivity index (χ1v) is 6.47. The molecule has 17 heavy (non-hydrogen) atoms. The van der Waals surface area contributed by atoms with E-state index < -0.39 is 0 Å². The van der Waals surface area contributed by atoms with E-state index in [4.69, 9.17) is 16.6 Å². The van der Waals surface area contributed by atoms with Gasteiger partial charge < -0.3 is 5.32 Å². The van der Waals surface area contributed by atoms with E-state index in [1.807, 2.05) is 24.3 Å². The largest absolute Gasteiger partial charge is 0.367 e. The molecule has 1 atom stereocenters. The summed E-state index contributed by atoms with van der Waals surface area (Å²) in [6.07, 6.45) is 3.35. The standard InChI is InChI=1S/C14H15ClN2/c1-9-5-4-7-11-13(15)10-6-2-3-8-12(10)17-14(11)16-9/h2-3,6,8-9H,4-5,7H2,1H3,(H,16,17). The molecule has 0 bridgehead atoms. The van der Waals surface area contributed by atoms with Crippen molar-refractivity contribution in [3.05, 3.63) is 34.9 Å². The first-order valence-electron chi connectivity index (χ1n) is 6.09. The zero-order valence-corrected chi connectivity index (χ0v) is 10.6. The van der Waals surface area contributed by atoms with Gasteiger partial charge in [-0.2, -0.15) is 0 Å². The molecule has 0 spiro atoms. The summed E-state index contributed by atoms with van der Waals surface area (Å²) in [5.74, 6) is 0.971. The van der Waals surface area contributed by atoms with Crippen LogP contribution in [0.1, 0.15) is 25.3 Å². The molecule has 88 valence electrons. The molecular formula is C14H15ClN2. The summed E-state index contributed by atoms with van der Waals surface area (Å²) in [5.41, 5.74) is 2.15. The van der Waals surface area contributed by atoms with Gasteiger partial charge in [-0.3, -0.25) is 0 Å². The molecule has 0 saturated carbocycles. The number of hydrogen-bond donors (Lipinski definition) is 1. The monoisotopic (exact) mass is 246 g/mol. The highest BCUT2D eigenvalue weighted by Gasteiger charge is 2.18. The molecule has 2 nitrogen and oxygen atoms in total. The normalized spacial score (nSPS) is 19.5. The second-order valence-corrected chi connectivity index (χ2v) is 5.09. The third-order valence-corrected chi connectivity index (χ3v) is 3.80. The van der Waals surface area contributed by atoms with E-state index >= 15 is 0 Å². The van der Waals surface area contributed by atoms with Gasteiger partial charge in [0.1, 0.15) is 5.82 Å². The lowest BCUT2D eigenvalue weighted by Crippen LogP contribution is -2.14. The number of rotatable bonds is 0. The van der Waals surface area contributed by atoms with Crippen molar-refractivity contribution in [1.82, 2.24) is 4.98 Å². The van der Waals surface area contributed by atoms with Crippen LogP contribution in [0.5, 0.6) is 0 Å². The van der Waals surface area contributed by atoms with Crippen LogP contribution in [0.25, 0.3) is 10.9 Å². The molecule has 0 saturated heterocycles. The van der Waals surface area contributed by atoms with Gasteiger partial charge in [-0.15, -0.1) is 0 Å². The zero-order chi connectivity index (χ0) is 11.8. The van der Waals surface area contributed by atoms with Gasteiger partial charge in [0.25, 0.3) is 0 Å². The number of pyridine rings is 1. The van der Waals surface area contributed by atoms with Gasteiger partial charge in [0.05, 0.1) is 10.5 Å². The van der Waals surface area contributed by atoms with E-state index in [2.05, 4.69) is 12.2 Å². The van der Waals surface area contributed by atoms with Crippen LogP contribution in [0, 0.1) is 0 Å². The molecule has 0 radical (unpaired) electrons. The van der Waals surface area contributed by atoms with Crippen molar-refractivity contribution in [2.75, 3.05) is 5.32 Å². The van der Waals surface area contributed by atoms with Crippen molar-refractivity contribution in [1.29, 1.82) is 0 Å². The molecule has 0 fully saturated rings. The third-order valence-electron chi connectivity index (χ3n) is 3.37. The van der Waals surface area contributed by atoms with Crippen molar-refractivity contribution in [3.63, 3.8) is 0 Å². The number of anilines is 1. The third kappa shape index (κ3) is 1.87. The molecule has 1 unspecified atom stereocenters. The minimum atomic E-state index is 0.473. The first kappa shape index (κ1) is 10.8. The second kappa shape index (κ2) is 4.19. The Balaban J connectivity index is 2.25. The lowest BCUT2D eigenvalue weighted by molar-refractivity contribution is 0.674. The summed E-state index contributed by atoms with van der Waals surface area (Å²) < 4.78 is 0. The average Bonchev–Trinajstić information content (AvgIpc) is 2.51. The van der Waals surface area contributed by atoms with Gasteiger partial charge in [0.2, 0.25) is 0 Å². The van der Waals surface area contributed by atoms with Gasteiger partial charge in [-0.25, -0.2) is 4.98 Å². The highest BCUT2D eigenvalue weighted by Crippen LogP contribution is 2.34. The van der Waals surface area contributed by atoms with Gasteiger partial charge >= 0.3 is 0 Å². The highest BCUT2D eigenvalue weighted by molar-refractivity contribution is 6.36. The van der Waals surface area contributed by atoms with Crippen LogP contribution in [0.15, 0.2) is 24.3 Å². The number of para-hydroxylation sites is 1.